The molecule has 5 atom stereocenters. The van der Waals surface area contributed by atoms with E-state index in [-0.39, 0.29) is 19.3 Å². The number of aliphatic hydroxyl groups is 2. The SMILES string of the molecule is CC/C=C\C/C=C\C/C=C\C/C=C\C/C=C\C/C=C\CCCCCCCCC(=O)OCC(COP(=O)(O)OCC(O)COP(=O)(O)OCC(O)COC(=O)CCCCCCCCCCCCCCCCCCC/C=C\C/C=C\C/C=C\C/C=C\C/C=C\CC)OC(=O)CCCCCCC/C=C\C/C=C\CCCCC. The number of hydrogen-bond acceptors (Lipinski definition) is 14. The third-order valence-corrected chi connectivity index (χ3v) is 19.6. The van der Waals surface area contributed by atoms with E-state index in [2.05, 4.69) is 179 Å². The normalized spacial score (nSPS) is 14.7. The Morgan fingerprint density at radius 2 is 0.486 bits per heavy atom. The van der Waals surface area contributed by atoms with Crippen molar-refractivity contribution in [1.82, 2.24) is 0 Å². The van der Waals surface area contributed by atoms with Gasteiger partial charge in [0, 0.05) is 19.3 Å². The number of aliphatic hydroxyl groups excluding tert-OH is 2. The van der Waals surface area contributed by atoms with Gasteiger partial charge in [-0.05, 0) is 148 Å². The van der Waals surface area contributed by atoms with Crippen LogP contribution >= 0.6 is 15.6 Å². The molecule has 0 aliphatic rings. The van der Waals surface area contributed by atoms with E-state index in [9.17, 15) is 43.5 Å². The zero-order valence-corrected chi connectivity index (χ0v) is 70.2. The fraction of sp³-hybridized carbons (Fsp3) is 0.681. The third kappa shape index (κ3) is 83.9. The smallest absolute Gasteiger partial charge is 0.463 e. The van der Waals surface area contributed by atoms with Gasteiger partial charge >= 0.3 is 33.6 Å². The monoisotopic (exact) mass is 1570 g/mol. The van der Waals surface area contributed by atoms with Crippen LogP contribution in [0.5, 0.6) is 0 Å². The number of rotatable bonds is 80. The number of unbranched alkanes of at least 4 members (excludes halogenated alkanes) is 31. The summed E-state index contributed by atoms with van der Waals surface area (Å²) in [5.41, 5.74) is 0. The molecule has 0 aromatic heterocycles. The van der Waals surface area contributed by atoms with E-state index in [4.69, 9.17) is 32.3 Å². The maximum atomic E-state index is 13.0. The molecule has 0 amide bonds. The molecular formula is C91H154O16P2. The van der Waals surface area contributed by atoms with Crippen LogP contribution in [0.2, 0.25) is 0 Å². The lowest BCUT2D eigenvalue weighted by Gasteiger charge is -2.21. The molecule has 0 saturated heterocycles. The lowest BCUT2D eigenvalue weighted by Crippen LogP contribution is -2.30. The van der Waals surface area contributed by atoms with Crippen molar-refractivity contribution in [3.63, 3.8) is 0 Å². The van der Waals surface area contributed by atoms with E-state index in [0.717, 1.165) is 173 Å². The van der Waals surface area contributed by atoms with Crippen molar-refractivity contribution in [2.45, 2.75) is 360 Å². The highest BCUT2D eigenvalue weighted by Crippen LogP contribution is 2.45. The minimum atomic E-state index is -4.94. The number of carbonyl (C=O) groups is 3. The Bertz CT molecular complexity index is 2610. The van der Waals surface area contributed by atoms with Crippen molar-refractivity contribution in [2.75, 3.05) is 39.6 Å². The van der Waals surface area contributed by atoms with Gasteiger partial charge < -0.3 is 34.2 Å². The summed E-state index contributed by atoms with van der Waals surface area (Å²) in [6.07, 6.45) is 104. The molecule has 0 aromatic carbocycles. The Labute approximate surface area is 663 Å². The van der Waals surface area contributed by atoms with Crippen molar-refractivity contribution in [2.24, 2.45) is 0 Å². The van der Waals surface area contributed by atoms with Crippen molar-refractivity contribution in [3.05, 3.63) is 158 Å². The Morgan fingerprint density at radius 3 is 0.771 bits per heavy atom. The Hall–Kier alpha value is -4.83. The Kier molecular flexibility index (Phi) is 79.0. The van der Waals surface area contributed by atoms with E-state index in [1.165, 1.54) is 109 Å². The van der Waals surface area contributed by atoms with Crippen molar-refractivity contribution in [1.29, 1.82) is 0 Å². The number of phosphoric ester groups is 2. The predicted molar refractivity (Wildman–Crippen MR) is 454 cm³/mol. The van der Waals surface area contributed by atoms with Crippen LogP contribution in [0.15, 0.2) is 158 Å². The van der Waals surface area contributed by atoms with Crippen LogP contribution in [-0.2, 0) is 55.8 Å². The van der Waals surface area contributed by atoms with Gasteiger partial charge in [-0.1, -0.05) is 333 Å². The highest BCUT2D eigenvalue weighted by atomic mass is 31.2. The number of phosphoric acid groups is 2. The molecule has 0 radical (unpaired) electrons. The molecule has 0 saturated carbocycles. The maximum absolute atomic E-state index is 13.0. The van der Waals surface area contributed by atoms with E-state index in [1.54, 1.807) is 0 Å². The molecule has 0 bridgehead atoms. The lowest BCUT2D eigenvalue weighted by molar-refractivity contribution is -0.161. The average molecular weight is 1570 g/mol. The van der Waals surface area contributed by atoms with Gasteiger partial charge in [-0.25, -0.2) is 9.13 Å². The summed E-state index contributed by atoms with van der Waals surface area (Å²) in [7, 11) is -9.81. The number of hydrogen-bond donors (Lipinski definition) is 4. The Balaban J connectivity index is 4.49. The molecule has 109 heavy (non-hydrogen) atoms. The summed E-state index contributed by atoms with van der Waals surface area (Å²) in [5.74, 6) is -1.61. The van der Waals surface area contributed by atoms with E-state index < -0.39 is 91.5 Å². The molecule has 0 aliphatic carbocycles. The molecule has 0 aromatic rings. The number of ether oxygens (including phenoxy) is 3. The molecule has 624 valence electrons. The third-order valence-electron chi connectivity index (χ3n) is 17.7. The summed E-state index contributed by atoms with van der Waals surface area (Å²) in [5, 5.41) is 20.7. The summed E-state index contributed by atoms with van der Waals surface area (Å²) in [4.78, 5) is 58.8. The molecule has 0 aliphatic heterocycles. The van der Waals surface area contributed by atoms with Gasteiger partial charge in [-0.2, -0.15) is 0 Å². The van der Waals surface area contributed by atoms with Crippen molar-refractivity contribution >= 4 is 33.6 Å². The first-order valence-corrected chi connectivity index (χ1v) is 45.8. The number of carbonyl (C=O) groups excluding carboxylic acids is 3. The molecule has 16 nitrogen and oxygen atoms in total. The van der Waals surface area contributed by atoms with Gasteiger partial charge in [0.2, 0.25) is 0 Å². The van der Waals surface area contributed by atoms with E-state index >= 15 is 0 Å². The second kappa shape index (κ2) is 82.6. The number of allylic oxidation sites excluding steroid dienone is 26. The molecule has 18 heteroatoms. The fourth-order valence-corrected chi connectivity index (χ4v) is 12.9. The van der Waals surface area contributed by atoms with E-state index in [1.807, 2.05) is 0 Å². The minimum Gasteiger partial charge on any atom is -0.463 e. The average Bonchev–Trinajstić information content (AvgIpc) is 0.904. The van der Waals surface area contributed by atoms with Crippen LogP contribution in [0, 0.1) is 0 Å². The number of esters is 3. The fourth-order valence-electron chi connectivity index (χ4n) is 11.3. The molecule has 4 N–H and O–H groups in total. The minimum absolute atomic E-state index is 0.0813. The first kappa shape index (κ1) is 104. The highest BCUT2D eigenvalue weighted by Gasteiger charge is 2.29. The second-order valence-corrected chi connectivity index (χ2v) is 31.1. The molecule has 0 heterocycles. The van der Waals surface area contributed by atoms with Crippen LogP contribution in [0.4, 0.5) is 0 Å². The molecule has 0 rings (SSSR count). The largest absolute Gasteiger partial charge is 0.472 e. The summed E-state index contributed by atoms with van der Waals surface area (Å²) in [6.45, 7) is 2.41. The first-order valence-electron chi connectivity index (χ1n) is 42.8. The topological polar surface area (TPSA) is 231 Å². The van der Waals surface area contributed by atoms with Gasteiger partial charge in [0.05, 0.1) is 26.4 Å². The zero-order chi connectivity index (χ0) is 79.4. The summed E-state index contributed by atoms with van der Waals surface area (Å²) >= 11 is 0. The maximum Gasteiger partial charge on any atom is 0.472 e. The first-order chi connectivity index (χ1) is 53.2. The van der Waals surface area contributed by atoms with Crippen molar-refractivity contribution < 1.29 is 75.8 Å². The molecule has 0 spiro atoms. The van der Waals surface area contributed by atoms with Gasteiger partial charge in [0.25, 0.3) is 0 Å². The standard InChI is InChI=1S/C91H154O16P2/c1-4-7-10-13-16-19-22-25-28-30-32-34-36-38-39-40-41-42-43-44-45-47-49-50-52-54-57-59-62-65-68-71-74-77-89(94)101-80-86(92)81-103-108(97,98)104-82-87(93)83-105-109(99,100)106-85-88(107-91(96)79-76-73-70-67-64-61-56-27-24-21-18-15-12-9-6-3)84-102-90(95)78-75-72-69-66-63-60-58-55-53-51-48-46-37-35-33-31-29-26-23-20-17-14-11-8-5-2/h7-8,10-11,16-21,25-29,32-35,38-39,46,48,53,55-56,86-88,92-93H,4-6,9,12-15,22-24,30-31,36-37,40-45,47,49-52,54,57-85H2,1-3H3,(H,97,98)(H,99,100)/b10-7-,11-8-,19-16-,20-17-,21-18-,28-25-,29-26-,34-32-,35-33-,39-38-,48-46-,55-53-,56-27-. The zero-order valence-electron chi connectivity index (χ0n) is 68.4. The highest BCUT2D eigenvalue weighted by molar-refractivity contribution is 7.47. The van der Waals surface area contributed by atoms with Gasteiger partial charge in [0.1, 0.15) is 25.4 Å². The predicted octanol–water partition coefficient (Wildman–Crippen LogP) is 25.8. The summed E-state index contributed by atoms with van der Waals surface area (Å²) in [6, 6.07) is 0. The van der Waals surface area contributed by atoms with Crippen LogP contribution < -0.4 is 0 Å². The quantitative estimate of drug-likeness (QED) is 0.0146. The Morgan fingerprint density at radius 1 is 0.266 bits per heavy atom. The molecule has 5 unspecified atom stereocenters. The van der Waals surface area contributed by atoms with Gasteiger partial charge in [-0.3, -0.25) is 32.5 Å². The van der Waals surface area contributed by atoms with Crippen LogP contribution in [0.25, 0.3) is 0 Å². The van der Waals surface area contributed by atoms with Gasteiger partial charge in [0.15, 0.2) is 6.10 Å². The van der Waals surface area contributed by atoms with Crippen molar-refractivity contribution in [3.8, 4) is 0 Å². The second-order valence-electron chi connectivity index (χ2n) is 28.2. The van der Waals surface area contributed by atoms with Crippen LogP contribution in [0.3, 0.4) is 0 Å². The molecule has 0 fully saturated rings. The molecular weight excluding hydrogens is 1410 g/mol. The summed E-state index contributed by atoms with van der Waals surface area (Å²) < 4.78 is 61.2. The van der Waals surface area contributed by atoms with Crippen LogP contribution in [-0.4, -0.2) is 95.9 Å². The van der Waals surface area contributed by atoms with Gasteiger partial charge in [-0.15, -0.1) is 0 Å². The van der Waals surface area contributed by atoms with Crippen LogP contribution in [0.1, 0.15) is 342 Å². The lowest BCUT2D eigenvalue weighted by atomic mass is 10.0. The van der Waals surface area contributed by atoms with E-state index in [0.29, 0.717) is 19.3 Å².